The number of hydrogen-bond acceptors (Lipinski definition) is 2. The summed E-state index contributed by atoms with van der Waals surface area (Å²) in [4.78, 5) is 2.52. The third kappa shape index (κ3) is 4.73. The number of rotatable bonds is 7. The minimum atomic E-state index is 0.730. The van der Waals surface area contributed by atoms with Crippen LogP contribution < -0.4 is 5.32 Å². The van der Waals surface area contributed by atoms with Crippen LogP contribution in [0, 0.1) is 0 Å². The van der Waals surface area contributed by atoms with E-state index < -0.39 is 0 Å². The van der Waals surface area contributed by atoms with Crippen LogP contribution in [-0.4, -0.2) is 37.1 Å². The van der Waals surface area contributed by atoms with E-state index in [1.165, 1.54) is 19.5 Å². The Morgan fingerprint density at radius 1 is 1.25 bits per heavy atom. The van der Waals surface area contributed by atoms with Gasteiger partial charge in [0.15, 0.2) is 0 Å². The lowest BCUT2D eigenvalue weighted by Crippen LogP contribution is -2.37. The predicted molar refractivity (Wildman–Crippen MR) is 55.5 cm³/mol. The fraction of sp³-hybridized carbons (Fsp3) is 1.00. The van der Waals surface area contributed by atoms with E-state index >= 15 is 0 Å². The molecule has 0 saturated heterocycles. The quantitative estimate of drug-likeness (QED) is 0.588. The Morgan fingerprint density at radius 2 is 1.92 bits per heavy atom. The van der Waals surface area contributed by atoms with Crippen LogP contribution >= 0.6 is 0 Å². The van der Waals surface area contributed by atoms with E-state index in [0.717, 1.165) is 19.1 Å². The molecule has 0 bridgehead atoms. The van der Waals surface area contributed by atoms with E-state index in [1.807, 2.05) is 0 Å². The summed E-state index contributed by atoms with van der Waals surface area (Å²) in [7, 11) is 0. The van der Waals surface area contributed by atoms with Gasteiger partial charge in [-0.2, -0.15) is 0 Å². The Balaban J connectivity index is 3.52. The van der Waals surface area contributed by atoms with Crippen LogP contribution in [-0.2, 0) is 0 Å². The molecule has 0 amide bonds. The molecule has 1 atom stereocenters. The number of likely N-dealkylation sites (N-methyl/N-ethyl adjacent to an activating group) is 2. The molecule has 1 unspecified atom stereocenters. The average Bonchev–Trinajstić information content (AvgIpc) is 2.11. The molecule has 0 aromatic heterocycles. The molecule has 0 saturated carbocycles. The van der Waals surface area contributed by atoms with Gasteiger partial charge in [-0.05, 0) is 26.4 Å². The van der Waals surface area contributed by atoms with Crippen molar-refractivity contribution in [1.29, 1.82) is 0 Å². The molecule has 0 aromatic rings. The van der Waals surface area contributed by atoms with Gasteiger partial charge in [0.25, 0.3) is 0 Å². The van der Waals surface area contributed by atoms with Crippen LogP contribution in [0.5, 0.6) is 0 Å². The van der Waals surface area contributed by atoms with Crippen LogP contribution in [0.3, 0.4) is 0 Å². The molecule has 0 radical (unpaired) electrons. The maximum absolute atomic E-state index is 3.35. The zero-order valence-corrected chi connectivity index (χ0v) is 9.06. The summed E-state index contributed by atoms with van der Waals surface area (Å²) in [5.74, 6) is 0. The van der Waals surface area contributed by atoms with Crippen LogP contribution in [0.4, 0.5) is 0 Å². The molecule has 2 nitrogen and oxygen atoms in total. The van der Waals surface area contributed by atoms with E-state index in [-0.39, 0.29) is 0 Å². The molecule has 0 spiro atoms. The van der Waals surface area contributed by atoms with Gasteiger partial charge in [-0.3, -0.25) is 4.90 Å². The average molecular weight is 172 g/mol. The van der Waals surface area contributed by atoms with E-state index in [2.05, 4.69) is 37.9 Å². The highest BCUT2D eigenvalue weighted by molar-refractivity contribution is 4.64. The number of hydrogen-bond donors (Lipinski definition) is 1. The van der Waals surface area contributed by atoms with Crippen molar-refractivity contribution in [1.82, 2.24) is 10.2 Å². The highest BCUT2D eigenvalue weighted by Crippen LogP contribution is 2.01. The lowest BCUT2D eigenvalue weighted by atomic mass is 10.2. The highest BCUT2D eigenvalue weighted by Gasteiger charge is 2.07. The summed E-state index contributed by atoms with van der Waals surface area (Å²) < 4.78 is 0. The van der Waals surface area contributed by atoms with E-state index in [9.17, 15) is 0 Å². The van der Waals surface area contributed by atoms with Gasteiger partial charge in [0.05, 0.1) is 0 Å². The van der Waals surface area contributed by atoms with Crippen LogP contribution in [0.25, 0.3) is 0 Å². The molecule has 0 aromatic carbocycles. The Hall–Kier alpha value is -0.0800. The molecule has 0 fully saturated rings. The Bertz CT molecular complexity index is 93.8. The molecule has 74 valence electrons. The van der Waals surface area contributed by atoms with Gasteiger partial charge in [0.1, 0.15) is 0 Å². The maximum atomic E-state index is 3.35. The molecule has 0 aliphatic carbocycles. The first-order chi connectivity index (χ1) is 5.76. The molecule has 12 heavy (non-hydrogen) atoms. The molecule has 0 aliphatic rings. The second kappa shape index (κ2) is 7.56. The Kier molecular flexibility index (Phi) is 7.51. The van der Waals surface area contributed by atoms with Gasteiger partial charge in [0.2, 0.25) is 0 Å². The van der Waals surface area contributed by atoms with Crippen molar-refractivity contribution in [2.75, 3.05) is 26.2 Å². The summed E-state index contributed by atoms with van der Waals surface area (Å²) in [6, 6.07) is 0.730. The zero-order chi connectivity index (χ0) is 9.40. The minimum Gasteiger partial charge on any atom is -0.316 e. The second-order valence-corrected chi connectivity index (χ2v) is 3.24. The molecule has 0 heterocycles. The van der Waals surface area contributed by atoms with Gasteiger partial charge >= 0.3 is 0 Å². The Morgan fingerprint density at radius 3 is 2.33 bits per heavy atom. The zero-order valence-electron chi connectivity index (χ0n) is 9.06. The highest BCUT2D eigenvalue weighted by atomic mass is 15.2. The molecule has 0 rings (SSSR count). The molecule has 2 heteroatoms. The smallest absolute Gasteiger partial charge is 0.0110 e. The normalized spacial score (nSPS) is 13.8. The van der Waals surface area contributed by atoms with E-state index in [1.54, 1.807) is 0 Å². The first kappa shape index (κ1) is 11.9. The van der Waals surface area contributed by atoms with Crippen LogP contribution in [0.15, 0.2) is 0 Å². The topological polar surface area (TPSA) is 15.3 Å². The fourth-order valence-electron chi connectivity index (χ4n) is 1.35. The third-order valence-corrected chi connectivity index (χ3v) is 2.45. The maximum Gasteiger partial charge on any atom is 0.0110 e. The van der Waals surface area contributed by atoms with Crippen molar-refractivity contribution in [2.45, 2.75) is 40.2 Å². The summed E-state index contributed by atoms with van der Waals surface area (Å²) in [6.07, 6.45) is 1.25. The van der Waals surface area contributed by atoms with Gasteiger partial charge in [0, 0.05) is 19.1 Å². The Labute approximate surface area is 77.3 Å². The summed E-state index contributed by atoms with van der Waals surface area (Å²) in [6.45, 7) is 13.5. The van der Waals surface area contributed by atoms with Crippen molar-refractivity contribution >= 4 is 0 Å². The van der Waals surface area contributed by atoms with Gasteiger partial charge in [-0.15, -0.1) is 0 Å². The molecule has 0 aliphatic heterocycles. The van der Waals surface area contributed by atoms with E-state index in [4.69, 9.17) is 0 Å². The molecular formula is C10H24N2. The number of nitrogens with zero attached hydrogens (tertiary/aromatic N) is 1. The summed E-state index contributed by atoms with van der Waals surface area (Å²) in [5, 5.41) is 3.35. The minimum absolute atomic E-state index is 0.730. The standard InChI is InChI=1S/C10H24N2/c1-5-10(4)12(7-3)9-8-11-6-2/h10-11H,5-9H2,1-4H3. The lowest BCUT2D eigenvalue weighted by Gasteiger charge is -2.26. The first-order valence-electron chi connectivity index (χ1n) is 5.20. The predicted octanol–water partition coefficient (Wildman–Crippen LogP) is 1.72. The third-order valence-electron chi connectivity index (χ3n) is 2.45. The first-order valence-corrected chi connectivity index (χ1v) is 5.20. The van der Waals surface area contributed by atoms with Crippen molar-refractivity contribution in [3.05, 3.63) is 0 Å². The SMILES string of the molecule is CCNCCN(CC)C(C)CC. The second-order valence-electron chi connectivity index (χ2n) is 3.24. The van der Waals surface area contributed by atoms with Crippen molar-refractivity contribution in [3.63, 3.8) is 0 Å². The van der Waals surface area contributed by atoms with E-state index in [0.29, 0.717) is 0 Å². The van der Waals surface area contributed by atoms with Gasteiger partial charge < -0.3 is 5.32 Å². The van der Waals surface area contributed by atoms with Crippen LogP contribution in [0.1, 0.15) is 34.1 Å². The summed E-state index contributed by atoms with van der Waals surface area (Å²) in [5.41, 5.74) is 0. The number of nitrogens with one attached hydrogen (secondary N) is 1. The fourth-order valence-corrected chi connectivity index (χ4v) is 1.35. The van der Waals surface area contributed by atoms with Gasteiger partial charge in [-0.25, -0.2) is 0 Å². The molecular weight excluding hydrogens is 148 g/mol. The van der Waals surface area contributed by atoms with Crippen molar-refractivity contribution < 1.29 is 0 Å². The van der Waals surface area contributed by atoms with Gasteiger partial charge in [-0.1, -0.05) is 20.8 Å². The monoisotopic (exact) mass is 172 g/mol. The van der Waals surface area contributed by atoms with Crippen LogP contribution in [0.2, 0.25) is 0 Å². The van der Waals surface area contributed by atoms with Crippen molar-refractivity contribution in [3.8, 4) is 0 Å². The van der Waals surface area contributed by atoms with Crippen molar-refractivity contribution in [2.24, 2.45) is 0 Å². The lowest BCUT2D eigenvalue weighted by molar-refractivity contribution is 0.215. The molecule has 1 N–H and O–H groups in total. The largest absolute Gasteiger partial charge is 0.316 e. The summed E-state index contributed by atoms with van der Waals surface area (Å²) >= 11 is 0.